The zero-order valence-corrected chi connectivity index (χ0v) is 15.8. The SMILES string of the molecule is Cc1c(CNCCCNc2nc3nnccc3[nH]2)sc(C(F)F)c1Br. The molecule has 3 N–H and O–H groups in total. The van der Waals surface area contributed by atoms with E-state index >= 15 is 0 Å². The van der Waals surface area contributed by atoms with Crippen LogP contribution in [0, 0.1) is 6.92 Å². The first-order valence-corrected chi connectivity index (χ1v) is 9.35. The number of hydrogen-bond acceptors (Lipinski definition) is 6. The lowest BCUT2D eigenvalue weighted by Gasteiger charge is -2.05. The standard InChI is InChI=1S/C15H17BrF2N6S/c1-8-10(25-12(11(8)16)13(17)18)7-19-4-2-5-20-15-22-9-3-6-21-24-14(9)23-15/h3,6,13,19H,2,4-5,7H2,1H3,(H2,20,22,23,24). The van der Waals surface area contributed by atoms with Crippen molar-refractivity contribution in [2.24, 2.45) is 0 Å². The third kappa shape index (κ3) is 4.31. The first-order chi connectivity index (χ1) is 12.1. The molecule has 0 bridgehead atoms. The smallest absolute Gasteiger partial charge is 0.273 e. The number of alkyl halides is 2. The normalized spacial score (nSPS) is 11.6. The Labute approximate surface area is 155 Å². The summed E-state index contributed by atoms with van der Waals surface area (Å²) in [6.45, 7) is 3.94. The minimum Gasteiger partial charge on any atom is -0.356 e. The van der Waals surface area contributed by atoms with Crippen LogP contribution in [0.5, 0.6) is 0 Å². The largest absolute Gasteiger partial charge is 0.356 e. The molecule has 0 saturated carbocycles. The molecule has 0 spiro atoms. The van der Waals surface area contributed by atoms with E-state index in [2.05, 4.69) is 46.7 Å². The van der Waals surface area contributed by atoms with Crippen LogP contribution >= 0.6 is 27.3 Å². The molecule has 0 amide bonds. The Balaban J connectivity index is 1.41. The second-order valence-electron chi connectivity index (χ2n) is 5.44. The highest BCUT2D eigenvalue weighted by Crippen LogP contribution is 2.38. The van der Waals surface area contributed by atoms with Crippen LogP contribution in [0.4, 0.5) is 14.7 Å². The molecule has 134 valence electrons. The second kappa shape index (κ2) is 8.15. The maximum Gasteiger partial charge on any atom is 0.273 e. The number of halogens is 3. The molecule has 0 fully saturated rings. The van der Waals surface area contributed by atoms with Crippen LogP contribution in [-0.4, -0.2) is 33.3 Å². The summed E-state index contributed by atoms with van der Waals surface area (Å²) in [5.74, 6) is 0.662. The van der Waals surface area contributed by atoms with Crippen molar-refractivity contribution in [3.8, 4) is 0 Å². The highest BCUT2D eigenvalue weighted by atomic mass is 79.9. The van der Waals surface area contributed by atoms with Crippen molar-refractivity contribution in [2.75, 3.05) is 18.4 Å². The number of H-pyrrole nitrogens is 1. The quantitative estimate of drug-likeness (QED) is 0.470. The van der Waals surface area contributed by atoms with Gasteiger partial charge in [-0.1, -0.05) is 0 Å². The third-order valence-electron chi connectivity index (χ3n) is 3.68. The molecule has 6 nitrogen and oxygen atoms in total. The van der Waals surface area contributed by atoms with Gasteiger partial charge >= 0.3 is 0 Å². The molecule has 3 heterocycles. The van der Waals surface area contributed by atoms with E-state index in [1.54, 1.807) is 6.20 Å². The van der Waals surface area contributed by atoms with Crippen LogP contribution in [0.15, 0.2) is 16.7 Å². The van der Waals surface area contributed by atoms with E-state index in [-0.39, 0.29) is 4.88 Å². The van der Waals surface area contributed by atoms with Crippen molar-refractivity contribution < 1.29 is 8.78 Å². The molecule has 3 aromatic heterocycles. The van der Waals surface area contributed by atoms with Gasteiger partial charge in [-0.15, -0.1) is 16.4 Å². The molecule has 0 saturated heterocycles. The van der Waals surface area contributed by atoms with Crippen LogP contribution in [0.2, 0.25) is 0 Å². The van der Waals surface area contributed by atoms with Crippen molar-refractivity contribution >= 4 is 44.4 Å². The number of aromatic nitrogens is 4. The summed E-state index contributed by atoms with van der Waals surface area (Å²) in [6.07, 6.45) is 0.0405. The first-order valence-electron chi connectivity index (χ1n) is 7.74. The van der Waals surface area contributed by atoms with E-state index in [1.807, 2.05) is 13.0 Å². The van der Waals surface area contributed by atoms with Crippen LogP contribution < -0.4 is 10.6 Å². The summed E-state index contributed by atoms with van der Waals surface area (Å²) >= 11 is 4.40. The van der Waals surface area contributed by atoms with Crippen LogP contribution in [0.1, 0.15) is 28.2 Å². The lowest BCUT2D eigenvalue weighted by Crippen LogP contribution is -2.17. The topological polar surface area (TPSA) is 78.5 Å². The average Bonchev–Trinajstić information content (AvgIpc) is 3.13. The number of hydrogen-bond donors (Lipinski definition) is 3. The van der Waals surface area contributed by atoms with Gasteiger partial charge in [-0.25, -0.2) is 8.78 Å². The number of nitrogens with one attached hydrogen (secondary N) is 3. The van der Waals surface area contributed by atoms with Crippen molar-refractivity contribution in [3.05, 3.63) is 32.1 Å². The Hall–Kier alpha value is -1.65. The number of rotatable bonds is 8. The predicted octanol–water partition coefficient (Wildman–Crippen LogP) is 4.01. The monoisotopic (exact) mass is 430 g/mol. The van der Waals surface area contributed by atoms with E-state index in [9.17, 15) is 8.78 Å². The van der Waals surface area contributed by atoms with Gasteiger partial charge in [0, 0.05) is 22.4 Å². The van der Waals surface area contributed by atoms with Crippen LogP contribution in [0.25, 0.3) is 11.2 Å². The Morgan fingerprint density at radius 3 is 2.92 bits per heavy atom. The molecule has 0 atom stereocenters. The molecular formula is C15H17BrF2N6S. The maximum atomic E-state index is 12.9. The second-order valence-corrected chi connectivity index (χ2v) is 7.37. The Kier molecular flexibility index (Phi) is 5.92. The number of thiophene rings is 1. The number of aromatic amines is 1. The minimum atomic E-state index is -2.44. The summed E-state index contributed by atoms with van der Waals surface area (Å²) in [4.78, 5) is 8.44. The van der Waals surface area contributed by atoms with Gasteiger partial charge in [-0.2, -0.15) is 10.1 Å². The van der Waals surface area contributed by atoms with Crippen molar-refractivity contribution in [2.45, 2.75) is 26.3 Å². The van der Waals surface area contributed by atoms with E-state index in [4.69, 9.17) is 0 Å². The summed E-state index contributed by atoms with van der Waals surface area (Å²) in [5, 5.41) is 14.2. The molecule has 0 aliphatic heterocycles. The molecule has 0 aromatic carbocycles. The molecule has 0 unspecified atom stereocenters. The Morgan fingerprint density at radius 2 is 2.20 bits per heavy atom. The van der Waals surface area contributed by atoms with Crippen LogP contribution in [-0.2, 0) is 6.54 Å². The van der Waals surface area contributed by atoms with Gasteiger partial charge in [-0.05, 0) is 47.4 Å². The van der Waals surface area contributed by atoms with E-state index in [0.717, 1.165) is 46.8 Å². The first kappa shape index (κ1) is 18.2. The highest BCUT2D eigenvalue weighted by Gasteiger charge is 2.19. The average molecular weight is 431 g/mol. The molecule has 3 aromatic rings. The lowest BCUT2D eigenvalue weighted by molar-refractivity contribution is 0.155. The van der Waals surface area contributed by atoms with Gasteiger partial charge in [0.15, 0.2) is 0 Å². The molecule has 0 radical (unpaired) electrons. The summed E-state index contributed by atoms with van der Waals surface area (Å²) < 4.78 is 26.3. The number of nitrogens with zero attached hydrogens (tertiary/aromatic N) is 3. The van der Waals surface area contributed by atoms with E-state index < -0.39 is 6.43 Å². The third-order valence-corrected chi connectivity index (χ3v) is 6.26. The summed E-state index contributed by atoms with van der Waals surface area (Å²) in [7, 11) is 0. The van der Waals surface area contributed by atoms with Crippen LogP contribution in [0.3, 0.4) is 0 Å². The van der Waals surface area contributed by atoms with Gasteiger partial charge in [0.1, 0.15) is 0 Å². The van der Waals surface area contributed by atoms with Crippen molar-refractivity contribution in [1.29, 1.82) is 0 Å². The van der Waals surface area contributed by atoms with Gasteiger partial charge in [-0.3, -0.25) is 0 Å². The number of anilines is 1. The predicted molar refractivity (Wildman–Crippen MR) is 98.2 cm³/mol. The van der Waals surface area contributed by atoms with Gasteiger partial charge in [0.05, 0.1) is 16.6 Å². The Morgan fingerprint density at radius 1 is 1.36 bits per heavy atom. The molecule has 25 heavy (non-hydrogen) atoms. The minimum absolute atomic E-state index is 0.101. The van der Waals surface area contributed by atoms with Gasteiger partial charge < -0.3 is 15.6 Å². The zero-order valence-electron chi connectivity index (χ0n) is 13.4. The highest BCUT2D eigenvalue weighted by molar-refractivity contribution is 9.10. The fraction of sp³-hybridized carbons (Fsp3) is 0.400. The zero-order chi connectivity index (χ0) is 17.8. The molecule has 0 aliphatic carbocycles. The van der Waals surface area contributed by atoms with Crippen molar-refractivity contribution in [1.82, 2.24) is 25.5 Å². The summed E-state index contributed by atoms with van der Waals surface area (Å²) in [6, 6.07) is 1.82. The molecule has 3 rings (SSSR count). The van der Waals surface area contributed by atoms with E-state index in [0.29, 0.717) is 22.6 Å². The number of imidazole rings is 1. The van der Waals surface area contributed by atoms with E-state index in [1.165, 1.54) is 0 Å². The molecule has 10 heteroatoms. The summed E-state index contributed by atoms with van der Waals surface area (Å²) in [5.41, 5.74) is 2.30. The fourth-order valence-corrected chi connectivity index (χ4v) is 4.15. The molecular weight excluding hydrogens is 414 g/mol. The maximum absolute atomic E-state index is 12.9. The van der Waals surface area contributed by atoms with Gasteiger partial charge in [0.25, 0.3) is 6.43 Å². The molecule has 0 aliphatic rings. The lowest BCUT2D eigenvalue weighted by atomic mass is 10.2. The van der Waals surface area contributed by atoms with Crippen molar-refractivity contribution in [3.63, 3.8) is 0 Å². The number of fused-ring (bicyclic) bond motifs is 1. The fourth-order valence-electron chi connectivity index (χ4n) is 2.34. The van der Waals surface area contributed by atoms with Gasteiger partial charge in [0.2, 0.25) is 11.6 Å². The Bertz CT molecular complexity index is 817.